The first-order chi connectivity index (χ1) is 7.17. The van der Waals surface area contributed by atoms with Gasteiger partial charge in [0.1, 0.15) is 0 Å². The highest BCUT2D eigenvalue weighted by Crippen LogP contribution is 2.20. The quantitative estimate of drug-likeness (QED) is 0.783. The smallest absolute Gasteiger partial charge is 0.224 e. The molecule has 1 atom stereocenters. The molecule has 3 nitrogen and oxygen atoms in total. The van der Waals surface area contributed by atoms with Crippen molar-refractivity contribution in [1.82, 2.24) is 10.6 Å². The van der Waals surface area contributed by atoms with E-state index in [1.165, 1.54) is 0 Å². The molecule has 1 heterocycles. The van der Waals surface area contributed by atoms with E-state index >= 15 is 0 Å². The highest BCUT2D eigenvalue weighted by atomic mass is 35.5. The summed E-state index contributed by atoms with van der Waals surface area (Å²) in [7, 11) is 0. The van der Waals surface area contributed by atoms with Gasteiger partial charge in [-0.25, -0.2) is 0 Å². The zero-order chi connectivity index (χ0) is 11.3. The van der Waals surface area contributed by atoms with Gasteiger partial charge in [-0.1, -0.05) is 20.8 Å². The molecule has 0 radical (unpaired) electrons. The van der Waals surface area contributed by atoms with Gasteiger partial charge >= 0.3 is 0 Å². The molecule has 0 aliphatic carbocycles. The second kappa shape index (κ2) is 7.13. The number of carbonyl (C=O) groups excluding carboxylic acids is 1. The van der Waals surface area contributed by atoms with Crippen LogP contribution in [-0.2, 0) is 4.79 Å². The van der Waals surface area contributed by atoms with Crippen LogP contribution in [0, 0.1) is 5.92 Å². The van der Waals surface area contributed by atoms with Crippen LogP contribution in [-0.4, -0.2) is 24.5 Å². The van der Waals surface area contributed by atoms with Gasteiger partial charge in [0.2, 0.25) is 5.91 Å². The zero-order valence-electron chi connectivity index (χ0n) is 10.6. The van der Waals surface area contributed by atoms with Gasteiger partial charge in [0.15, 0.2) is 0 Å². The van der Waals surface area contributed by atoms with Crippen LogP contribution in [0.3, 0.4) is 0 Å². The van der Waals surface area contributed by atoms with E-state index in [0.717, 1.165) is 38.8 Å². The predicted octanol–water partition coefficient (Wildman–Crippen LogP) is 2.10. The Balaban J connectivity index is 0.00000225. The molecule has 0 aromatic heterocycles. The average Bonchev–Trinajstić information content (AvgIpc) is 2.79. The summed E-state index contributed by atoms with van der Waals surface area (Å²) in [5.41, 5.74) is 0.0275. The number of carbonyl (C=O) groups is 1. The Morgan fingerprint density at radius 2 is 1.88 bits per heavy atom. The van der Waals surface area contributed by atoms with Gasteiger partial charge in [0, 0.05) is 12.1 Å². The first-order valence-corrected chi connectivity index (χ1v) is 6.20. The molecular weight excluding hydrogens is 224 g/mol. The largest absolute Gasteiger partial charge is 0.350 e. The molecule has 0 aromatic carbocycles. The van der Waals surface area contributed by atoms with Gasteiger partial charge in [-0.3, -0.25) is 4.79 Å². The van der Waals surface area contributed by atoms with Crippen molar-refractivity contribution in [2.24, 2.45) is 5.92 Å². The van der Waals surface area contributed by atoms with Gasteiger partial charge in [-0.15, -0.1) is 12.4 Å². The summed E-state index contributed by atoms with van der Waals surface area (Å²) in [5, 5.41) is 6.47. The van der Waals surface area contributed by atoms with Crippen LogP contribution in [0.2, 0.25) is 0 Å². The van der Waals surface area contributed by atoms with Gasteiger partial charge in [-0.2, -0.15) is 0 Å². The van der Waals surface area contributed by atoms with Gasteiger partial charge in [0.25, 0.3) is 0 Å². The Morgan fingerprint density at radius 3 is 2.25 bits per heavy atom. The molecule has 0 bridgehead atoms. The number of halogens is 1. The second-order valence-electron chi connectivity index (χ2n) is 4.52. The number of nitrogens with one attached hydrogen (secondary N) is 2. The van der Waals surface area contributed by atoms with E-state index in [1.807, 2.05) is 0 Å². The Hall–Kier alpha value is -0.280. The fraction of sp³-hybridized carbons (Fsp3) is 0.917. The van der Waals surface area contributed by atoms with Gasteiger partial charge in [0.05, 0.1) is 5.92 Å². The lowest BCUT2D eigenvalue weighted by Crippen LogP contribution is -2.49. The minimum Gasteiger partial charge on any atom is -0.350 e. The van der Waals surface area contributed by atoms with E-state index in [-0.39, 0.29) is 29.8 Å². The zero-order valence-corrected chi connectivity index (χ0v) is 11.5. The van der Waals surface area contributed by atoms with Crippen LogP contribution in [0.4, 0.5) is 0 Å². The average molecular weight is 249 g/mol. The maximum atomic E-state index is 12.0. The second-order valence-corrected chi connectivity index (χ2v) is 4.52. The summed E-state index contributed by atoms with van der Waals surface area (Å²) >= 11 is 0. The van der Waals surface area contributed by atoms with Crippen molar-refractivity contribution in [3.63, 3.8) is 0 Å². The molecule has 4 heteroatoms. The van der Waals surface area contributed by atoms with E-state index in [2.05, 4.69) is 31.4 Å². The Kier molecular flexibility index (Phi) is 7.00. The highest BCUT2D eigenvalue weighted by Gasteiger charge is 2.30. The molecule has 1 fully saturated rings. The van der Waals surface area contributed by atoms with Crippen LogP contribution in [0.5, 0.6) is 0 Å². The molecular formula is C12H25ClN2O. The van der Waals surface area contributed by atoms with Crippen molar-refractivity contribution < 1.29 is 4.79 Å². The maximum Gasteiger partial charge on any atom is 0.224 e. The van der Waals surface area contributed by atoms with Crippen LogP contribution in [0.15, 0.2) is 0 Å². The SMILES string of the molecule is CCC(CC)(CC)NC(=O)C1CCNC1.Cl. The minimum absolute atomic E-state index is 0. The van der Waals surface area contributed by atoms with E-state index in [9.17, 15) is 4.79 Å². The molecule has 0 saturated carbocycles. The number of hydrogen-bond donors (Lipinski definition) is 2. The first kappa shape index (κ1) is 15.7. The number of rotatable bonds is 5. The van der Waals surface area contributed by atoms with Crippen molar-refractivity contribution in [2.45, 2.75) is 52.0 Å². The van der Waals surface area contributed by atoms with Crippen LogP contribution in [0.1, 0.15) is 46.5 Å². The van der Waals surface area contributed by atoms with Gasteiger partial charge in [-0.05, 0) is 32.2 Å². The van der Waals surface area contributed by atoms with Crippen molar-refractivity contribution in [1.29, 1.82) is 0 Å². The standard InChI is InChI=1S/C12H24N2O.ClH/c1-4-12(5-2,6-3)14-11(15)10-7-8-13-9-10;/h10,13H,4-9H2,1-3H3,(H,14,15);1H. The number of amides is 1. The first-order valence-electron chi connectivity index (χ1n) is 6.20. The Labute approximate surface area is 105 Å². The lowest BCUT2D eigenvalue weighted by atomic mass is 9.89. The third-order valence-electron chi connectivity index (χ3n) is 3.85. The molecule has 0 aromatic rings. The third kappa shape index (κ3) is 3.63. The fourth-order valence-corrected chi connectivity index (χ4v) is 2.26. The Morgan fingerprint density at radius 1 is 1.31 bits per heavy atom. The summed E-state index contributed by atoms with van der Waals surface area (Å²) in [5.74, 6) is 0.430. The predicted molar refractivity (Wildman–Crippen MR) is 70.0 cm³/mol. The van der Waals surface area contributed by atoms with E-state index < -0.39 is 0 Å². The molecule has 16 heavy (non-hydrogen) atoms. The molecule has 1 aliphatic heterocycles. The third-order valence-corrected chi connectivity index (χ3v) is 3.85. The van der Waals surface area contributed by atoms with E-state index in [0.29, 0.717) is 0 Å². The van der Waals surface area contributed by atoms with Crippen molar-refractivity contribution >= 4 is 18.3 Å². The summed E-state index contributed by atoms with van der Waals surface area (Å²) in [6.45, 7) is 8.29. The molecule has 1 aliphatic rings. The summed E-state index contributed by atoms with van der Waals surface area (Å²) in [4.78, 5) is 12.0. The van der Waals surface area contributed by atoms with Crippen molar-refractivity contribution in [3.8, 4) is 0 Å². The summed E-state index contributed by atoms with van der Waals surface area (Å²) in [6, 6.07) is 0. The molecule has 2 N–H and O–H groups in total. The molecule has 96 valence electrons. The topological polar surface area (TPSA) is 41.1 Å². The highest BCUT2D eigenvalue weighted by molar-refractivity contribution is 5.85. The lowest BCUT2D eigenvalue weighted by molar-refractivity contribution is -0.126. The molecule has 1 amide bonds. The fourth-order valence-electron chi connectivity index (χ4n) is 2.26. The van der Waals surface area contributed by atoms with Crippen LogP contribution >= 0.6 is 12.4 Å². The molecule has 1 rings (SSSR count). The normalized spacial score (nSPS) is 20.3. The van der Waals surface area contributed by atoms with E-state index in [1.54, 1.807) is 0 Å². The van der Waals surface area contributed by atoms with Crippen molar-refractivity contribution in [3.05, 3.63) is 0 Å². The Bertz CT molecular complexity index is 203. The molecule has 1 saturated heterocycles. The molecule has 0 spiro atoms. The van der Waals surface area contributed by atoms with Crippen LogP contribution in [0.25, 0.3) is 0 Å². The lowest BCUT2D eigenvalue weighted by Gasteiger charge is -2.32. The van der Waals surface area contributed by atoms with Gasteiger partial charge < -0.3 is 10.6 Å². The summed E-state index contributed by atoms with van der Waals surface area (Å²) in [6.07, 6.45) is 4.04. The summed E-state index contributed by atoms with van der Waals surface area (Å²) < 4.78 is 0. The minimum atomic E-state index is 0. The van der Waals surface area contributed by atoms with Crippen LogP contribution < -0.4 is 10.6 Å². The van der Waals surface area contributed by atoms with E-state index in [4.69, 9.17) is 0 Å². The molecule has 1 unspecified atom stereocenters. The van der Waals surface area contributed by atoms with Crippen molar-refractivity contribution in [2.75, 3.05) is 13.1 Å². The number of hydrogen-bond acceptors (Lipinski definition) is 2. The monoisotopic (exact) mass is 248 g/mol. The maximum absolute atomic E-state index is 12.0.